The van der Waals surface area contributed by atoms with Crippen molar-refractivity contribution in [2.75, 3.05) is 10.2 Å². The van der Waals surface area contributed by atoms with Gasteiger partial charge in [0.2, 0.25) is 5.91 Å². The van der Waals surface area contributed by atoms with Gasteiger partial charge >= 0.3 is 0 Å². The largest absolute Gasteiger partial charge is 0.382 e. The topological polar surface area (TPSA) is 32.3 Å². The van der Waals surface area contributed by atoms with Crippen LogP contribution in [0.5, 0.6) is 0 Å². The van der Waals surface area contributed by atoms with Gasteiger partial charge in [0, 0.05) is 23.8 Å². The molecule has 3 nitrogen and oxygen atoms in total. The van der Waals surface area contributed by atoms with Crippen LogP contribution in [-0.4, -0.2) is 11.9 Å². The number of anilines is 2. The average Bonchev–Trinajstić information content (AvgIpc) is 2.55. The third-order valence-corrected chi connectivity index (χ3v) is 4.22. The van der Waals surface area contributed by atoms with Crippen LogP contribution in [0, 0.1) is 0 Å². The minimum atomic E-state index is 0.0855. The summed E-state index contributed by atoms with van der Waals surface area (Å²) in [5.74, 6) is 0.167. The number of hydrogen-bond donors (Lipinski definition) is 1. The second kappa shape index (κ2) is 6.22. The van der Waals surface area contributed by atoms with Crippen molar-refractivity contribution in [1.82, 2.24) is 0 Å². The Morgan fingerprint density at radius 2 is 1.82 bits per heavy atom. The molecule has 1 aliphatic heterocycles. The van der Waals surface area contributed by atoms with Crippen LogP contribution in [0.25, 0.3) is 0 Å². The molecule has 1 heterocycles. The molecule has 2 aromatic carbocycles. The summed E-state index contributed by atoms with van der Waals surface area (Å²) in [6.45, 7) is 4.09. The van der Waals surface area contributed by atoms with E-state index in [9.17, 15) is 4.79 Å². The Morgan fingerprint density at radius 3 is 2.55 bits per heavy atom. The Morgan fingerprint density at radius 1 is 1.14 bits per heavy atom. The fourth-order valence-corrected chi connectivity index (χ4v) is 3.21. The maximum atomic E-state index is 12.6. The third-order valence-electron chi connectivity index (χ3n) is 4.22. The molecule has 0 radical (unpaired) electrons. The molecule has 3 heteroatoms. The molecule has 1 aliphatic rings. The lowest BCUT2D eigenvalue weighted by atomic mass is 9.91. The Balaban J connectivity index is 2.07. The summed E-state index contributed by atoms with van der Waals surface area (Å²) in [4.78, 5) is 14.6. The molecule has 114 valence electrons. The van der Waals surface area contributed by atoms with Crippen molar-refractivity contribution in [1.29, 1.82) is 0 Å². The number of rotatable bonds is 3. The van der Waals surface area contributed by atoms with E-state index in [1.807, 2.05) is 54.3 Å². The number of benzene rings is 2. The molecule has 0 spiro atoms. The zero-order valence-corrected chi connectivity index (χ0v) is 13.1. The fraction of sp³-hybridized carbons (Fsp3) is 0.316. The van der Waals surface area contributed by atoms with Gasteiger partial charge in [-0.05, 0) is 37.1 Å². The van der Waals surface area contributed by atoms with Crippen molar-refractivity contribution in [3.05, 3.63) is 60.2 Å². The van der Waals surface area contributed by atoms with Crippen LogP contribution in [0.1, 0.15) is 38.3 Å². The SMILES string of the molecule is CCC(=O)N(c1ccccc1)[C@@H]1C[C@H](C)Nc2ccccc21. The van der Waals surface area contributed by atoms with Gasteiger partial charge in [-0.15, -0.1) is 0 Å². The second-order valence-corrected chi connectivity index (χ2v) is 5.84. The van der Waals surface area contributed by atoms with Crippen LogP contribution >= 0.6 is 0 Å². The van der Waals surface area contributed by atoms with Crippen molar-refractivity contribution >= 4 is 17.3 Å². The quantitative estimate of drug-likeness (QED) is 0.911. The first-order valence-corrected chi connectivity index (χ1v) is 7.93. The van der Waals surface area contributed by atoms with Crippen LogP contribution in [0.2, 0.25) is 0 Å². The molecule has 1 N–H and O–H groups in total. The number of carbonyl (C=O) groups is 1. The number of nitrogens with zero attached hydrogens (tertiary/aromatic N) is 1. The van der Waals surface area contributed by atoms with Crippen molar-refractivity contribution < 1.29 is 4.79 Å². The summed E-state index contributed by atoms with van der Waals surface area (Å²) in [5, 5.41) is 3.52. The molecule has 0 saturated heterocycles. The van der Waals surface area contributed by atoms with Gasteiger partial charge in [-0.2, -0.15) is 0 Å². The van der Waals surface area contributed by atoms with Gasteiger partial charge in [-0.25, -0.2) is 0 Å². The molecule has 0 fully saturated rings. The van der Waals surface area contributed by atoms with E-state index in [1.54, 1.807) is 0 Å². The normalized spacial score (nSPS) is 19.9. The van der Waals surface area contributed by atoms with Gasteiger partial charge in [-0.3, -0.25) is 4.79 Å². The maximum absolute atomic E-state index is 12.6. The smallest absolute Gasteiger partial charge is 0.227 e. The molecule has 0 bridgehead atoms. The number of fused-ring (bicyclic) bond motifs is 1. The first kappa shape index (κ1) is 14.6. The molecule has 0 aliphatic carbocycles. The number of carbonyl (C=O) groups excluding carboxylic acids is 1. The van der Waals surface area contributed by atoms with E-state index >= 15 is 0 Å². The molecule has 0 aromatic heterocycles. The Bertz CT molecular complexity index is 653. The van der Waals surface area contributed by atoms with E-state index in [2.05, 4.69) is 24.4 Å². The zero-order valence-electron chi connectivity index (χ0n) is 13.1. The van der Waals surface area contributed by atoms with Gasteiger partial charge in [0.25, 0.3) is 0 Å². The van der Waals surface area contributed by atoms with Gasteiger partial charge in [-0.1, -0.05) is 43.3 Å². The Labute approximate surface area is 132 Å². The molecule has 3 rings (SSSR count). The molecule has 2 aromatic rings. The van der Waals surface area contributed by atoms with Crippen LogP contribution in [0.3, 0.4) is 0 Å². The van der Waals surface area contributed by atoms with E-state index in [1.165, 1.54) is 5.56 Å². The van der Waals surface area contributed by atoms with Gasteiger partial charge in [0.05, 0.1) is 6.04 Å². The fourth-order valence-electron chi connectivity index (χ4n) is 3.21. The highest BCUT2D eigenvalue weighted by Gasteiger charge is 2.31. The molecule has 0 saturated carbocycles. The van der Waals surface area contributed by atoms with Crippen molar-refractivity contribution in [2.45, 2.75) is 38.8 Å². The standard InChI is InChI=1S/C19H22N2O/c1-3-19(22)21(15-9-5-4-6-10-15)18-13-14(2)20-17-12-8-7-11-16(17)18/h4-12,14,18,20H,3,13H2,1-2H3/t14-,18+/m0/s1. The number of para-hydroxylation sites is 2. The van der Waals surface area contributed by atoms with E-state index in [0.29, 0.717) is 12.5 Å². The van der Waals surface area contributed by atoms with Crippen LogP contribution in [-0.2, 0) is 4.79 Å². The van der Waals surface area contributed by atoms with Crippen LogP contribution in [0.4, 0.5) is 11.4 Å². The van der Waals surface area contributed by atoms with Gasteiger partial charge < -0.3 is 10.2 Å². The monoisotopic (exact) mass is 294 g/mol. The van der Waals surface area contributed by atoms with Crippen LogP contribution < -0.4 is 10.2 Å². The van der Waals surface area contributed by atoms with Crippen molar-refractivity contribution in [3.8, 4) is 0 Å². The third kappa shape index (κ3) is 2.71. The van der Waals surface area contributed by atoms with Crippen LogP contribution in [0.15, 0.2) is 54.6 Å². The molecule has 0 unspecified atom stereocenters. The molecule has 22 heavy (non-hydrogen) atoms. The summed E-state index contributed by atoms with van der Waals surface area (Å²) in [6.07, 6.45) is 1.42. The molecule has 1 amide bonds. The molecular weight excluding hydrogens is 272 g/mol. The van der Waals surface area contributed by atoms with E-state index < -0.39 is 0 Å². The van der Waals surface area contributed by atoms with Crippen molar-refractivity contribution in [2.24, 2.45) is 0 Å². The van der Waals surface area contributed by atoms with Gasteiger partial charge in [0.1, 0.15) is 0 Å². The summed E-state index contributed by atoms with van der Waals surface area (Å²) in [6, 6.07) is 18.7. The summed E-state index contributed by atoms with van der Waals surface area (Å²) < 4.78 is 0. The number of hydrogen-bond acceptors (Lipinski definition) is 2. The predicted molar refractivity (Wildman–Crippen MR) is 91.1 cm³/mol. The summed E-state index contributed by atoms with van der Waals surface area (Å²) in [7, 11) is 0. The lowest BCUT2D eigenvalue weighted by Crippen LogP contribution is -2.40. The number of nitrogens with one attached hydrogen (secondary N) is 1. The lowest BCUT2D eigenvalue weighted by molar-refractivity contribution is -0.118. The maximum Gasteiger partial charge on any atom is 0.227 e. The highest BCUT2D eigenvalue weighted by atomic mass is 16.2. The minimum absolute atomic E-state index is 0.0855. The molecule has 2 atom stereocenters. The summed E-state index contributed by atoms with van der Waals surface area (Å²) >= 11 is 0. The van der Waals surface area contributed by atoms with E-state index in [4.69, 9.17) is 0 Å². The van der Waals surface area contributed by atoms with Gasteiger partial charge in [0.15, 0.2) is 0 Å². The highest BCUT2D eigenvalue weighted by Crippen LogP contribution is 2.39. The highest BCUT2D eigenvalue weighted by molar-refractivity contribution is 5.94. The van der Waals surface area contributed by atoms with E-state index in [-0.39, 0.29) is 11.9 Å². The van der Waals surface area contributed by atoms with E-state index in [0.717, 1.165) is 17.8 Å². The minimum Gasteiger partial charge on any atom is -0.382 e. The Kier molecular flexibility index (Phi) is 4.14. The summed E-state index contributed by atoms with van der Waals surface area (Å²) in [5.41, 5.74) is 3.31. The first-order chi connectivity index (χ1) is 10.7. The first-order valence-electron chi connectivity index (χ1n) is 7.93. The van der Waals surface area contributed by atoms with Crippen molar-refractivity contribution in [3.63, 3.8) is 0 Å². The number of amides is 1. The predicted octanol–water partition coefficient (Wildman–Crippen LogP) is 4.38. The Hall–Kier alpha value is -2.29. The lowest BCUT2D eigenvalue weighted by Gasteiger charge is -2.39. The zero-order chi connectivity index (χ0) is 15.5. The average molecular weight is 294 g/mol. The second-order valence-electron chi connectivity index (χ2n) is 5.84. The molecular formula is C19H22N2O.